The normalized spacial score (nSPS) is 12.5. The average Bonchev–Trinajstić information content (AvgIpc) is 2.91. The Morgan fingerprint density at radius 3 is 2.26 bits per heavy atom. The second kappa shape index (κ2) is 19.3. The van der Waals surface area contributed by atoms with Gasteiger partial charge in [0.2, 0.25) is 17.7 Å². The van der Waals surface area contributed by atoms with Crippen LogP contribution in [0.5, 0.6) is 0 Å². The van der Waals surface area contributed by atoms with Crippen LogP contribution in [-0.2, 0) is 25.7 Å². The number of rotatable bonds is 18. The Morgan fingerprint density at radius 1 is 0.976 bits per heavy atom. The summed E-state index contributed by atoms with van der Waals surface area (Å²) in [5.74, 6) is -1.39. The van der Waals surface area contributed by atoms with Crippen molar-refractivity contribution < 1.29 is 29.0 Å². The number of amides is 4. The first-order chi connectivity index (χ1) is 19.9. The monoisotopic (exact) mass is 589 g/mol. The fourth-order valence-electron chi connectivity index (χ4n) is 3.90. The largest absolute Gasteiger partial charge is 0.444 e. The highest BCUT2D eigenvalue weighted by Gasteiger charge is 2.28. The molecular formula is C29H47N7O6. The van der Waals surface area contributed by atoms with Crippen LogP contribution in [0, 0.1) is 5.92 Å². The quantitative estimate of drug-likeness (QED) is 0.0732. The molecule has 13 nitrogen and oxygen atoms in total. The van der Waals surface area contributed by atoms with Crippen molar-refractivity contribution >= 4 is 29.5 Å². The summed E-state index contributed by atoms with van der Waals surface area (Å²) >= 11 is 0. The highest BCUT2D eigenvalue weighted by Crippen LogP contribution is 2.13. The number of aliphatic hydroxyl groups excluding tert-OH is 1. The van der Waals surface area contributed by atoms with Gasteiger partial charge in [0.25, 0.3) is 0 Å². The Balaban J connectivity index is 2.81. The standard InChI is InChI=1S/C29H47N7O6/c1-20(2)25(35-24(38)12-7-6-9-18-32-36-30)27(40)34-23(11-8-10-17-31-28(41)42-29(3,4)5)26(39)33-22-15-13-21(19-37)14-16-22/h13-16,20,23,25,37H,6-12,17-19H2,1-5H3,(H,31,41)(H,33,39)(H,34,40)(H,35,38)/t23-,25-/m0/s1. The fraction of sp³-hybridized carbons (Fsp3) is 0.655. The van der Waals surface area contributed by atoms with E-state index in [1.54, 1.807) is 45.0 Å². The number of carbonyl (C=O) groups excluding carboxylic acids is 4. The van der Waals surface area contributed by atoms with E-state index in [0.717, 1.165) is 6.42 Å². The number of carbonyl (C=O) groups is 4. The summed E-state index contributed by atoms with van der Waals surface area (Å²) in [5.41, 5.74) is 8.93. The molecule has 0 spiro atoms. The van der Waals surface area contributed by atoms with Crippen molar-refractivity contribution in [2.24, 2.45) is 11.0 Å². The number of azide groups is 1. The lowest BCUT2D eigenvalue weighted by molar-refractivity contribution is -0.132. The van der Waals surface area contributed by atoms with E-state index in [1.807, 2.05) is 13.8 Å². The molecule has 4 amide bonds. The summed E-state index contributed by atoms with van der Waals surface area (Å²) in [4.78, 5) is 53.6. The summed E-state index contributed by atoms with van der Waals surface area (Å²) in [6.45, 7) is 9.54. The minimum atomic E-state index is -0.893. The molecule has 2 atom stereocenters. The van der Waals surface area contributed by atoms with Crippen LogP contribution >= 0.6 is 0 Å². The van der Waals surface area contributed by atoms with Crippen molar-refractivity contribution in [1.82, 2.24) is 16.0 Å². The molecule has 0 radical (unpaired) electrons. The third-order valence-electron chi connectivity index (χ3n) is 6.12. The van der Waals surface area contributed by atoms with Gasteiger partial charge >= 0.3 is 6.09 Å². The summed E-state index contributed by atoms with van der Waals surface area (Å²) in [5, 5.41) is 23.8. The molecule has 0 saturated heterocycles. The van der Waals surface area contributed by atoms with Gasteiger partial charge in [-0.1, -0.05) is 37.5 Å². The van der Waals surface area contributed by atoms with Gasteiger partial charge in [0.15, 0.2) is 0 Å². The van der Waals surface area contributed by atoms with E-state index < -0.39 is 35.6 Å². The zero-order chi connectivity index (χ0) is 31.5. The lowest BCUT2D eigenvalue weighted by Crippen LogP contribution is -2.54. The minimum Gasteiger partial charge on any atom is -0.444 e. The van der Waals surface area contributed by atoms with Crippen LogP contribution < -0.4 is 21.3 Å². The van der Waals surface area contributed by atoms with Crippen LogP contribution in [0.15, 0.2) is 29.4 Å². The van der Waals surface area contributed by atoms with E-state index in [4.69, 9.17) is 10.3 Å². The van der Waals surface area contributed by atoms with Crippen LogP contribution in [-0.4, -0.2) is 59.7 Å². The molecule has 0 saturated carbocycles. The number of hydrogen-bond donors (Lipinski definition) is 5. The number of aliphatic hydroxyl groups is 1. The summed E-state index contributed by atoms with van der Waals surface area (Å²) in [6, 6.07) is 4.97. The number of unbranched alkanes of at least 4 members (excludes halogenated alkanes) is 3. The van der Waals surface area contributed by atoms with Gasteiger partial charge in [-0.2, -0.15) is 0 Å². The minimum absolute atomic E-state index is 0.123. The lowest BCUT2D eigenvalue weighted by atomic mass is 10.0. The van der Waals surface area contributed by atoms with Crippen LogP contribution in [0.3, 0.4) is 0 Å². The number of nitrogens with one attached hydrogen (secondary N) is 4. The fourth-order valence-corrected chi connectivity index (χ4v) is 3.90. The first-order valence-electron chi connectivity index (χ1n) is 14.4. The molecule has 0 aliphatic rings. The predicted octanol–water partition coefficient (Wildman–Crippen LogP) is 4.31. The van der Waals surface area contributed by atoms with Gasteiger partial charge in [-0.05, 0) is 82.0 Å². The molecule has 13 heteroatoms. The van der Waals surface area contributed by atoms with Crippen LogP contribution in [0.2, 0.25) is 0 Å². The highest BCUT2D eigenvalue weighted by molar-refractivity contribution is 5.98. The number of nitrogens with zero attached hydrogens (tertiary/aromatic N) is 3. The zero-order valence-corrected chi connectivity index (χ0v) is 25.4. The second-order valence-electron chi connectivity index (χ2n) is 11.4. The number of ether oxygens (including phenoxy) is 1. The molecule has 0 aliphatic heterocycles. The average molecular weight is 590 g/mol. The van der Waals surface area contributed by atoms with E-state index in [2.05, 4.69) is 31.3 Å². The molecule has 1 aromatic rings. The Hall–Kier alpha value is -3.83. The molecule has 0 heterocycles. The third kappa shape index (κ3) is 15.8. The third-order valence-corrected chi connectivity index (χ3v) is 6.12. The molecular weight excluding hydrogens is 542 g/mol. The molecule has 5 N–H and O–H groups in total. The number of benzene rings is 1. The summed E-state index contributed by atoms with van der Waals surface area (Å²) < 4.78 is 5.23. The van der Waals surface area contributed by atoms with Gasteiger partial charge in [0, 0.05) is 30.1 Å². The summed E-state index contributed by atoms with van der Waals surface area (Å²) in [7, 11) is 0. The molecule has 1 rings (SSSR count). The van der Waals surface area contributed by atoms with Crippen molar-refractivity contribution in [2.75, 3.05) is 18.4 Å². The van der Waals surface area contributed by atoms with Gasteiger partial charge in [-0.3, -0.25) is 14.4 Å². The maximum Gasteiger partial charge on any atom is 0.407 e. The van der Waals surface area contributed by atoms with Crippen molar-refractivity contribution in [3.63, 3.8) is 0 Å². The molecule has 0 aromatic heterocycles. The molecule has 1 aromatic carbocycles. The SMILES string of the molecule is CC(C)[C@H](NC(=O)CCCCCN=[N+]=[N-])C(=O)N[C@@H](CCCCNC(=O)OC(C)(C)C)C(=O)Nc1ccc(CO)cc1. The van der Waals surface area contributed by atoms with Crippen molar-refractivity contribution in [1.29, 1.82) is 0 Å². The Kier molecular flexibility index (Phi) is 16.7. The molecule has 0 fully saturated rings. The van der Waals surface area contributed by atoms with Crippen LogP contribution in [0.1, 0.15) is 85.1 Å². The maximum atomic E-state index is 13.3. The predicted molar refractivity (Wildman–Crippen MR) is 160 cm³/mol. The van der Waals surface area contributed by atoms with E-state index in [-0.39, 0.29) is 24.9 Å². The number of hydrogen-bond acceptors (Lipinski definition) is 7. The number of anilines is 1. The lowest BCUT2D eigenvalue weighted by Gasteiger charge is -2.25. The van der Waals surface area contributed by atoms with Gasteiger partial charge in [0.05, 0.1) is 6.61 Å². The Labute approximate surface area is 248 Å². The molecule has 0 bridgehead atoms. The van der Waals surface area contributed by atoms with E-state index >= 15 is 0 Å². The van der Waals surface area contributed by atoms with Crippen LogP contribution in [0.4, 0.5) is 10.5 Å². The molecule has 42 heavy (non-hydrogen) atoms. The first-order valence-corrected chi connectivity index (χ1v) is 14.4. The van der Waals surface area contributed by atoms with Crippen molar-refractivity contribution in [2.45, 2.75) is 104 Å². The maximum absolute atomic E-state index is 13.3. The van der Waals surface area contributed by atoms with E-state index in [0.29, 0.717) is 56.4 Å². The van der Waals surface area contributed by atoms with Gasteiger partial charge in [-0.25, -0.2) is 4.79 Å². The topological polar surface area (TPSA) is 195 Å². The van der Waals surface area contributed by atoms with E-state index in [1.165, 1.54) is 0 Å². The van der Waals surface area contributed by atoms with Gasteiger partial charge in [-0.15, -0.1) is 0 Å². The van der Waals surface area contributed by atoms with Crippen molar-refractivity contribution in [3.8, 4) is 0 Å². The number of alkyl carbamates (subject to hydrolysis) is 1. The van der Waals surface area contributed by atoms with Crippen molar-refractivity contribution in [3.05, 3.63) is 40.3 Å². The highest BCUT2D eigenvalue weighted by atomic mass is 16.6. The van der Waals surface area contributed by atoms with Gasteiger partial charge < -0.3 is 31.1 Å². The smallest absolute Gasteiger partial charge is 0.407 e. The first kappa shape index (κ1) is 36.2. The second-order valence-corrected chi connectivity index (χ2v) is 11.4. The van der Waals surface area contributed by atoms with Crippen LogP contribution in [0.25, 0.3) is 10.4 Å². The zero-order valence-electron chi connectivity index (χ0n) is 25.4. The van der Waals surface area contributed by atoms with Gasteiger partial charge in [0.1, 0.15) is 17.7 Å². The summed E-state index contributed by atoms with van der Waals surface area (Å²) in [6.07, 6.45) is 3.06. The Morgan fingerprint density at radius 2 is 1.67 bits per heavy atom. The van der Waals surface area contributed by atoms with E-state index in [9.17, 15) is 24.3 Å². The molecule has 0 aliphatic carbocycles. The Bertz CT molecular complexity index is 1050. The molecule has 0 unspecified atom stereocenters. The molecule has 234 valence electrons.